The molecule has 0 unspecified atom stereocenters. The van der Waals surface area contributed by atoms with Crippen molar-refractivity contribution in [2.75, 3.05) is 46.9 Å². The van der Waals surface area contributed by atoms with Crippen LogP contribution < -0.4 is 14.8 Å². The molecule has 1 saturated heterocycles. The Morgan fingerprint density at radius 3 is 2.06 bits per heavy atom. The number of methoxy groups -OCH3 is 2. The number of para-hydroxylation sites is 2. The zero-order chi connectivity index (χ0) is 21.7. The van der Waals surface area contributed by atoms with Crippen molar-refractivity contribution in [3.8, 4) is 11.5 Å². The summed E-state index contributed by atoms with van der Waals surface area (Å²) in [5.74, 6) is 2.63. The second-order valence-electron chi connectivity index (χ2n) is 8.02. The van der Waals surface area contributed by atoms with Crippen molar-refractivity contribution in [1.82, 2.24) is 10.2 Å². The van der Waals surface area contributed by atoms with Gasteiger partial charge in [0.25, 0.3) is 0 Å². The molecule has 2 aromatic carbocycles. The van der Waals surface area contributed by atoms with Gasteiger partial charge in [-0.05, 0) is 56.9 Å². The Morgan fingerprint density at radius 1 is 0.871 bits per heavy atom. The zero-order valence-electron chi connectivity index (χ0n) is 18.9. The van der Waals surface area contributed by atoms with Crippen molar-refractivity contribution in [3.05, 3.63) is 71.8 Å². The predicted octanol–water partition coefficient (Wildman–Crippen LogP) is 5.12. The normalized spacial score (nSPS) is 15.7. The predicted molar refractivity (Wildman–Crippen MR) is 131 cm³/mol. The maximum Gasteiger partial charge on any atom is 0.126 e. The Labute approximate surface area is 187 Å². The highest BCUT2D eigenvalue weighted by Gasteiger charge is 2.17. The average molecular weight is 421 g/mol. The molecule has 0 amide bonds. The van der Waals surface area contributed by atoms with Crippen molar-refractivity contribution < 1.29 is 9.47 Å². The minimum Gasteiger partial charge on any atom is -0.496 e. The quantitative estimate of drug-likeness (QED) is 0.512. The molecule has 31 heavy (non-hydrogen) atoms. The molecule has 1 heterocycles. The molecule has 0 aromatic heterocycles. The van der Waals surface area contributed by atoms with Gasteiger partial charge in [-0.25, -0.2) is 0 Å². The van der Waals surface area contributed by atoms with Crippen molar-refractivity contribution in [1.29, 1.82) is 0 Å². The third-order valence-electron chi connectivity index (χ3n) is 5.89. The maximum atomic E-state index is 5.41. The topological polar surface area (TPSA) is 33.7 Å². The summed E-state index contributed by atoms with van der Waals surface area (Å²) in [6.45, 7) is 5.52. The van der Waals surface area contributed by atoms with Crippen LogP contribution in [0.2, 0.25) is 0 Å². The number of hydrogen-bond acceptors (Lipinski definition) is 4. The first-order valence-electron chi connectivity index (χ1n) is 11.3. The monoisotopic (exact) mass is 420 g/mol. The summed E-state index contributed by atoms with van der Waals surface area (Å²) in [5, 5.41) is 3.59. The molecule has 0 saturated carbocycles. The van der Waals surface area contributed by atoms with E-state index in [9.17, 15) is 0 Å². The van der Waals surface area contributed by atoms with E-state index in [-0.39, 0.29) is 0 Å². The summed E-state index contributed by atoms with van der Waals surface area (Å²) in [5.41, 5.74) is 2.27. The van der Waals surface area contributed by atoms with E-state index in [2.05, 4.69) is 52.7 Å². The molecule has 1 fully saturated rings. The highest BCUT2D eigenvalue weighted by atomic mass is 16.5. The smallest absolute Gasteiger partial charge is 0.126 e. The molecule has 4 nitrogen and oxygen atoms in total. The number of ether oxygens (including phenoxy) is 2. The summed E-state index contributed by atoms with van der Waals surface area (Å²) in [6, 6.07) is 16.3. The summed E-state index contributed by atoms with van der Waals surface area (Å²) >= 11 is 0. The van der Waals surface area contributed by atoms with Crippen LogP contribution in [-0.2, 0) is 0 Å². The van der Waals surface area contributed by atoms with Crippen molar-refractivity contribution in [3.63, 3.8) is 0 Å². The summed E-state index contributed by atoms with van der Waals surface area (Å²) in [4.78, 5) is 2.59. The Hall–Kier alpha value is -2.56. The van der Waals surface area contributed by atoms with E-state index >= 15 is 0 Å². The van der Waals surface area contributed by atoms with Gasteiger partial charge in [0.05, 0.1) is 14.2 Å². The first-order chi connectivity index (χ1) is 15.3. The lowest BCUT2D eigenvalue weighted by molar-refractivity contribution is 0.186. The molecule has 0 bridgehead atoms. The molecular formula is C27H36N2O2. The first-order valence-corrected chi connectivity index (χ1v) is 11.3. The fourth-order valence-corrected chi connectivity index (χ4v) is 4.05. The average Bonchev–Trinajstić information content (AvgIpc) is 2.83. The van der Waals surface area contributed by atoms with E-state index in [1.54, 1.807) is 14.2 Å². The Kier molecular flexibility index (Phi) is 9.68. The van der Waals surface area contributed by atoms with E-state index in [1.807, 2.05) is 30.3 Å². The van der Waals surface area contributed by atoms with Crippen LogP contribution >= 0.6 is 0 Å². The van der Waals surface area contributed by atoms with Gasteiger partial charge >= 0.3 is 0 Å². The molecule has 1 aliphatic rings. The molecule has 0 atom stereocenters. The van der Waals surface area contributed by atoms with Gasteiger partial charge in [-0.1, -0.05) is 60.7 Å². The number of benzene rings is 2. The van der Waals surface area contributed by atoms with Crippen LogP contribution in [0.1, 0.15) is 30.4 Å². The van der Waals surface area contributed by atoms with Crippen LogP contribution in [0.3, 0.4) is 0 Å². The third-order valence-corrected chi connectivity index (χ3v) is 5.89. The lowest BCUT2D eigenvalue weighted by Gasteiger charge is -2.31. The summed E-state index contributed by atoms with van der Waals surface area (Å²) in [7, 11) is 3.44. The second-order valence-corrected chi connectivity index (χ2v) is 8.02. The number of piperidine rings is 1. The molecular weight excluding hydrogens is 384 g/mol. The molecule has 3 rings (SSSR count). The largest absolute Gasteiger partial charge is 0.496 e. The van der Waals surface area contributed by atoms with Gasteiger partial charge in [0.15, 0.2) is 0 Å². The fraction of sp³-hybridized carbons (Fsp3) is 0.407. The van der Waals surface area contributed by atoms with Crippen LogP contribution in [0.4, 0.5) is 0 Å². The van der Waals surface area contributed by atoms with Crippen LogP contribution in [0.15, 0.2) is 60.7 Å². The van der Waals surface area contributed by atoms with Gasteiger partial charge < -0.3 is 19.7 Å². The Bertz CT molecular complexity index is 839. The number of rotatable bonds is 11. The van der Waals surface area contributed by atoms with Crippen LogP contribution in [0.25, 0.3) is 12.2 Å². The molecule has 0 aliphatic carbocycles. The zero-order valence-corrected chi connectivity index (χ0v) is 18.9. The SMILES string of the molecule is COc1ccccc1/C=C/CCN1CCC(CNC/C=C/c2ccccc2OC)CC1. The molecule has 1 aliphatic heterocycles. The minimum atomic E-state index is 0.778. The van der Waals surface area contributed by atoms with Crippen LogP contribution in [-0.4, -0.2) is 51.8 Å². The maximum absolute atomic E-state index is 5.41. The fourth-order valence-electron chi connectivity index (χ4n) is 4.05. The standard InChI is InChI=1S/C27H36N2O2/c1-30-26-14-5-3-10-24(26)12-7-8-19-29-20-16-23(17-21-29)22-28-18-9-13-25-11-4-6-15-27(25)31-2/h3-7,9-15,23,28H,8,16-22H2,1-2H3/b12-7+,13-9+. The Morgan fingerprint density at radius 2 is 1.45 bits per heavy atom. The van der Waals surface area contributed by atoms with E-state index in [4.69, 9.17) is 9.47 Å². The van der Waals surface area contributed by atoms with E-state index < -0.39 is 0 Å². The molecule has 0 radical (unpaired) electrons. The molecule has 1 N–H and O–H groups in total. The molecule has 2 aromatic rings. The summed E-state index contributed by atoms with van der Waals surface area (Å²) < 4.78 is 10.8. The minimum absolute atomic E-state index is 0.778. The highest BCUT2D eigenvalue weighted by molar-refractivity contribution is 5.57. The number of likely N-dealkylation sites (tertiary alicyclic amines) is 1. The molecule has 166 valence electrons. The van der Waals surface area contributed by atoms with Crippen LogP contribution in [0.5, 0.6) is 11.5 Å². The van der Waals surface area contributed by atoms with Crippen LogP contribution in [0, 0.1) is 5.92 Å². The van der Waals surface area contributed by atoms with Gasteiger partial charge in [-0.2, -0.15) is 0 Å². The van der Waals surface area contributed by atoms with E-state index in [1.165, 1.54) is 25.9 Å². The van der Waals surface area contributed by atoms with Gasteiger partial charge in [-0.3, -0.25) is 0 Å². The van der Waals surface area contributed by atoms with Crippen molar-refractivity contribution >= 4 is 12.2 Å². The van der Waals surface area contributed by atoms with Crippen molar-refractivity contribution in [2.45, 2.75) is 19.3 Å². The number of hydrogen-bond donors (Lipinski definition) is 1. The van der Waals surface area contributed by atoms with Crippen molar-refractivity contribution in [2.24, 2.45) is 5.92 Å². The van der Waals surface area contributed by atoms with Gasteiger partial charge in [-0.15, -0.1) is 0 Å². The molecule has 0 spiro atoms. The lowest BCUT2D eigenvalue weighted by atomic mass is 9.96. The first kappa shape index (κ1) is 23.1. The van der Waals surface area contributed by atoms with Gasteiger partial charge in [0, 0.05) is 24.2 Å². The van der Waals surface area contributed by atoms with E-state index in [0.29, 0.717) is 0 Å². The van der Waals surface area contributed by atoms with Gasteiger partial charge in [0.2, 0.25) is 0 Å². The van der Waals surface area contributed by atoms with E-state index in [0.717, 1.165) is 54.6 Å². The third kappa shape index (κ3) is 7.57. The number of nitrogens with zero attached hydrogens (tertiary/aromatic N) is 1. The second kappa shape index (κ2) is 13.0. The lowest BCUT2D eigenvalue weighted by Crippen LogP contribution is -2.37. The molecule has 4 heteroatoms. The highest BCUT2D eigenvalue weighted by Crippen LogP contribution is 2.20. The van der Waals surface area contributed by atoms with Gasteiger partial charge in [0.1, 0.15) is 11.5 Å². The Balaban J connectivity index is 1.29. The summed E-state index contributed by atoms with van der Waals surface area (Å²) in [6.07, 6.45) is 12.4. The number of nitrogens with one attached hydrogen (secondary N) is 1.